The average Bonchev–Trinajstić information content (AvgIpc) is 1.69. The van der Waals surface area contributed by atoms with Crippen LogP contribution in [0, 0.1) is 6.07 Å². The van der Waals surface area contributed by atoms with Crippen molar-refractivity contribution >= 4 is 5.69 Å². The van der Waals surface area contributed by atoms with Crippen LogP contribution >= 0.6 is 0 Å². The van der Waals surface area contributed by atoms with Crippen LogP contribution in [-0.2, 0) is 0 Å². The van der Waals surface area contributed by atoms with E-state index in [1.54, 1.807) is 24.3 Å². The summed E-state index contributed by atoms with van der Waals surface area (Å²) in [6.45, 7) is 0. The summed E-state index contributed by atoms with van der Waals surface area (Å²) in [6.07, 6.45) is 0. The fourth-order valence-electron chi connectivity index (χ4n) is 0.400. The fraction of sp³-hybridized carbons (Fsp3) is 0. The van der Waals surface area contributed by atoms with Gasteiger partial charge in [0.1, 0.15) is 0 Å². The monoisotopic (exact) mass is 131 g/mol. The molecule has 1 rings (SSSR count). The molecule has 0 fully saturated rings. The van der Waals surface area contributed by atoms with Gasteiger partial charge in [-0.25, -0.2) is 0 Å². The van der Waals surface area contributed by atoms with Gasteiger partial charge in [-0.15, -0.1) is 12.1 Å². The zero-order valence-electron chi connectivity index (χ0n) is 4.89. The van der Waals surface area contributed by atoms with Gasteiger partial charge in [-0.3, -0.25) is 0 Å². The Balaban J connectivity index is 0.000000490. The third kappa shape index (κ3) is 2.84. The molecule has 0 spiro atoms. The van der Waals surface area contributed by atoms with Gasteiger partial charge in [0.25, 0.3) is 0 Å². The maximum Gasteiger partial charge on any atom is 1.00 e. The fourth-order valence-corrected chi connectivity index (χ4v) is 0.400. The Labute approximate surface area is 91.7 Å². The van der Waals surface area contributed by atoms with Gasteiger partial charge < -0.3 is 5.73 Å². The zero-order valence-corrected chi connectivity index (χ0v) is 8.01. The summed E-state index contributed by atoms with van der Waals surface area (Å²) in [6, 6.07) is 10.0. The van der Waals surface area contributed by atoms with E-state index in [0.717, 1.165) is 5.69 Å². The molecule has 0 atom stereocenters. The molecule has 0 unspecified atom stereocenters. The zero-order chi connectivity index (χ0) is 5.11. The average molecular weight is 131 g/mol. The van der Waals surface area contributed by atoms with E-state index in [9.17, 15) is 0 Å². The maximum absolute atomic E-state index is 5.34. The molecule has 8 heavy (non-hydrogen) atoms. The molecule has 1 nitrogen and oxygen atoms in total. The van der Waals surface area contributed by atoms with Crippen LogP contribution in [0.3, 0.4) is 0 Å². The first-order valence-electron chi connectivity index (χ1n) is 2.11. The molecule has 0 aliphatic carbocycles. The summed E-state index contributed by atoms with van der Waals surface area (Å²) in [4.78, 5) is 0. The largest absolute Gasteiger partial charge is 1.00 e. The Morgan fingerprint density at radius 3 is 2.00 bits per heavy atom. The molecule has 0 aliphatic heterocycles. The van der Waals surface area contributed by atoms with Crippen LogP contribution in [0.15, 0.2) is 24.3 Å². The molecule has 36 valence electrons. The van der Waals surface area contributed by atoms with Gasteiger partial charge in [0.2, 0.25) is 0 Å². The minimum absolute atomic E-state index is 0. The van der Waals surface area contributed by atoms with Crippen molar-refractivity contribution in [3.05, 3.63) is 30.3 Å². The number of nitrogen functional groups attached to an aromatic ring is 1. The number of anilines is 1. The van der Waals surface area contributed by atoms with Crippen LogP contribution in [0.4, 0.5) is 5.69 Å². The second-order valence-electron chi connectivity index (χ2n) is 1.33. The molecular weight excluding hydrogens is 125 g/mol. The predicted octanol–water partition coefficient (Wildman–Crippen LogP) is -1.93. The van der Waals surface area contributed by atoms with Crippen LogP contribution in [0.2, 0.25) is 0 Å². The molecule has 0 saturated heterocycles. The summed E-state index contributed by atoms with van der Waals surface area (Å²) >= 11 is 0. The van der Waals surface area contributed by atoms with E-state index in [1.807, 2.05) is 0 Å². The number of benzene rings is 1. The van der Waals surface area contributed by atoms with Crippen molar-refractivity contribution in [1.82, 2.24) is 0 Å². The number of nitrogens with two attached hydrogens (primary N) is 1. The van der Waals surface area contributed by atoms with E-state index in [1.165, 1.54) is 0 Å². The molecular formula is C6H6KN. The van der Waals surface area contributed by atoms with E-state index in [-0.39, 0.29) is 51.4 Å². The third-order valence-electron chi connectivity index (χ3n) is 0.744. The number of hydrogen-bond acceptors (Lipinski definition) is 1. The van der Waals surface area contributed by atoms with E-state index >= 15 is 0 Å². The van der Waals surface area contributed by atoms with E-state index in [2.05, 4.69) is 6.07 Å². The van der Waals surface area contributed by atoms with Crippen LogP contribution in [0.25, 0.3) is 0 Å². The van der Waals surface area contributed by atoms with Crippen molar-refractivity contribution in [2.24, 2.45) is 0 Å². The van der Waals surface area contributed by atoms with Crippen molar-refractivity contribution in [2.45, 2.75) is 0 Å². The van der Waals surface area contributed by atoms with E-state index in [4.69, 9.17) is 5.73 Å². The van der Waals surface area contributed by atoms with Crippen LogP contribution < -0.4 is 57.1 Å². The quantitative estimate of drug-likeness (QED) is 0.248. The Morgan fingerprint density at radius 1 is 1.25 bits per heavy atom. The van der Waals surface area contributed by atoms with Crippen molar-refractivity contribution in [1.29, 1.82) is 0 Å². The van der Waals surface area contributed by atoms with Crippen LogP contribution in [-0.4, -0.2) is 0 Å². The smallest absolute Gasteiger partial charge is 0.419 e. The summed E-state index contributed by atoms with van der Waals surface area (Å²) in [5.74, 6) is 0. The van der Waals surface area contributed by atoms with E-state index < -0.39 is 0 Å². The molecule has 2 heteroatoms. The minimum atomic E-state index is 0. The van der Waals surface area contributed by atoms with Crippen LogP contribution in [0.5, 0.6) is 0 Å². The summed E-state index contributed by atoms with van der Waals surface area (Å²) in [5, 5.41) is 0. The number of hydrogen-bond donors (Lipinski definition) is 1. The molecule has 0 aromatic heterocycles. The molecule has 1 aromatic rings. The van der Waals surface area contributed by atoms with Crippen molar-refractivity contribution in [3.8, 4) is 0 Å². The van der Waals surface area contributed by atoms with Crippen molar-refractivity contribution in [2.75, 3.05) is 5.73 Å². The van der Waals surface area contributed by atoms with Gasteiger partial charge in [0.15, 0.2) is 0 Å². The Kier molecular flexibility index (Phi) is 4.90. The number of rotatable bonds is 0. The standard InChI is InChI=1S/C6H6N.K/c7-6-4-2-1-3-5-6;/h2-5H,7H2;/q-1;+1. The van der Waals surface area contributed by atoms with Gasteiger partial charge >= 0.3 is 51.4 Å². The Hall–Kier alpha value is 0.656. The molecule has 0 aliphatic rings. The second kappa shape index (κ2) is 4.53. The molecule has 2 N–H and O–H groups in total. The topological polar surface area (TPSA) is 26.0 Å². The predicted molar refractivity (Wildman–Crippen MR) is 29.7 cm³/mol. The molecule has 0 amide bonds. The van der Waals surface area contributed by atoms with Gasteiger partial charge in [-0.1, -0.05) is 5.69 Å². The normalized spacial score (nSPS) is 7.50. The van der Waals surface area contributed by atoms with Gasteiger partial charge in [-0.2, -0.15) is 18.2 Å². The molecule has 0 radical (unpaired) electrons. The SMILES string of the molecule is Nc1cc[c-]cc1.[K+]. The van der Waals surface area contributed by atoms with Crippen molar-refractivity contribution < 1.29 is 51.4 Å². The summed E-state index contributed by atoms with van der Waals surface area (Å²) in [5.41, 5.74) is 6.13. The second-order valence-corrected chi connectivity index (χ2v) is 1.33. The van der Waals surface area contributed by atoms with E-state index in [0.29, 0.717) is 0 Å². The summed E-state index contributed by atoms with van der Waals surface area (Å²) in [7, 11) is 0. The third-order valence-corrected chi connectivity index (χ3v) is 0.744. The molecule has 0 heterocycles. The first kappa shape index (κ1) is 8.66. The maximum atomic E-state index is 5.34. The Morgan fingerprint density at radius 2 is 1.75 bits per heavy atom. The molecule has 0 bridgehead atoms. The van der Waals surface area contributed by atoms with Crippen LogP contribution in [0.1, 0.15) is 0 Å². The minimum Gasteiger partial charge on any atom is -0.419 e. The summed E-state index contributed by atoms with van der Waals surface area (Å²) < 4.78 is 0. The van der Waals surface area contributed by atoms with Gasteiger partial charge in [0.05, 0.1) is 0 Å². The first-order chi connectivity index (χ1) is 3.39. The van der Waals surface area contributed by atoms with Gasteiger partial charge in [-0.05, 0) is 0 Å². The molecule has 1 aromatic carbocycles. The molecule has 0 saturated carbocycles. The first-order valence-corrected chi connectivity index (χ1v) is 2.11. The van der Waals surface area contributed by atoms with Gasteiger partial charge in [0, 0.05) is 0 Å². The van der Waals surface area contributed by atoms with Crippen molar-refractivity contribution in [3.63, 3.8) is 0 Å². The Bertz CT molecular complexity index is 138.